The lowest BCUT2D eigenvalue weighted by Crippen LogP contribution is -2.14. The van der Waals surface area contributed by atoms with E-state index in [1.54, 1.807) is 0 Å². The van der Waals surface area contributed by atoms with Crippen molar-refractivity contribution < 1.29 is 0 Å². The zero-order valence-corrected chi connectivity index (χ0v) is 10.5. The molecule has 0 aromatic heterocycles. The molecule has 1 aromatic rings. The van der Waals surface area contributed by atoms with Crippen LogP contribution >= 0.6 is 11.6 Å². The van der Waals surface area contributed by atoms with Gasteiger partial charge in [0, 0.05) is 11.6 Å². The van der Waals surface area contributed by atoms with Crippen LogP contribution in [0.15, 0.2) is 36.9 Å². The van der Waals surface area contributed by atoms with Crippen molar-refractivity contribution in [3.8, 4) is 0 Å². The standard InChI is InChI=1S/C14H20ClN/c1-2-3-4-5-6-11-16-12-13-7-9-14(15)10-8-13/h2,7-10,16H,1,3-6,11-12H2. The molecule has 1 nitrogen and oxygen atoms in total. The van der Waals surface area contributed by atoms with Crippen LogP contribution in [0.25, 0.3) is 0 Å². The van der Waals surface area contributed by atoms with Gasteiger partial charge in [-0.15, -0.1) is 6.58 Å². The highest BCUT2D eigenvalue weighted by Crippen LogP contribution is 2.09. The minimum atomic E-state index is 0.799. The summed E-state index contributed by atoms with van der Waals surface area (Å²) < 4.78 is 0. The molecule has 0 aliphatic heterocycles. The van der Waals surface area contributed by atoms with E-state index in [1.165, 1.54) is 24.8 Å². The first kappa shape index (κ1) is 13.3. The van der Waals surface area contributed by atoms with E-state index >= 15 is 0 Å². The third kappa shape index (κ3) is 5.94. The van der Waals surface area contributed by atoms with Gasteiger partial charge in [0.05, 0.1) is 0 Å². The predicted molar refractivity (Wildman–Crippen MR) is 71.8 cm³/mol. The number of hydrogen-bond donors (Lipinski definition) is 1. The summed E-state index contributed by atoms with van der Waals surface area (Å²) in [6.45, 7) is 5.73. The first-order valence-electron chi connectivity index (χ1n) is 5.89. The van der Waals surface area contributed by atoms with E-state index in [-0.39, 0.29) is 0 Å². The molecule has 0 fully saturated rings. The van der Waals surface area contributed by atoms with Crippen molar-refractivity contribution in [3.63, 3.8) is 0 Å². The molecule has 1 aromatic carbocycles. The topological polar surface area (TPSA) is 12.0 Å². The Labute approximate surface area is 104 Å². The van der Waals surface area contributed by atoms with Crippen LogP contribution in [-0.4, -0.2) is 6.54 Å². The molecule has 0 amide bonds. The fraction of sp³-hybridized carbons (Fsp3) is 0.429. The van der Waals surface area contributed by atoms with Gasteiger partial charge in [0.2, 0.25) is 0 Å². The molecule has 1 rings (SSSR count). The Balaban J connectivity index is 2.02. The quantitative estimate of drug-likeness (QED) is 0.529. The van der Waals surface area contributed by atoms with Gasteiger partial charge in [0.15, 0.2) is 0 Å². The van der Waals surface area contributed by atoms with Gasteiger partial charge in [-0.3, -0.25) is 0 Å². The first-order chi connectivity index (χ1) is 7.83. The van der Waals surface area contributed by atoms with Crippen molar-refractivity contribution in [2.24, 2.45) is 0 Å². The maximum Gasteiger partial charge on any atom is 0.0406 e. The fourth-order valence-corrected chi connectivity index (χ4v) is 1.68. The molecule has 88 valence electrons. The van der Waals surface area contributed by atoms with Crippen LogP contribution < -0.4 is 5.32 Å². The average Bonchev–Trinajstić information content (AvgIpc) is 2.30. The molecule has 16 heavy (non-hydrogen) atoms. The van der Waals surface area contributed by atoms with Crippen molar-refractivity contribution in [1.29, 1.82) is 0 Å². The van der Waals surface area contributed by atoms with E-state index in [0.29, 0.717) is 0 Å². The van der Waals surface area contributed by atoms with Gasteiger partial charge in [-0.1, -0.05) is 36.2 Å². The van der Waals surface area contributed by atoms with Crippen LogP contribution in [0.3, 0.4) is 0 Å². The third-order valence-electron chi connectivity index (χ3n) is 2.50. The van der Waals surface area contributed by atoms with Crippen LogP contribution in [0.5, 0.6) is 0 Å². The maximum absolute atomic E-state index is 5.82. The van der Waals surface area contributed by atoms with Gasteiger partial charge < -0.3 is 5.32 Å². The molecule has 0 saturated heterocycles. The van der Waals surface area contributed by atoms with Gasteiger partial charge in [-0.2, -0.15) is 0 Å². The van der Waals surface area contributed by atoms with Crippen molar-refractivity contribution in [2.75, 3.05) is 6.54 Å². The Morgan fingerprint density at radius 2 is 1.88 bits per heavy atom. The first-order valence-corrected chi connectivity index (χ1v) is 6.27. The highest BCUT2D eigenvalue weighted by atomic mass is 35.5. The van der Waals surface area contributed by atoms with E-state index in [1.807, 2.05) is 18.2 Å². The summed E-state index contributed by atoms with van der Waals surface area (Å²) in [6.07, 6.45) is 6.89. The largest absolute Gasteiger partial charge is 0.313 e. The van der Waals surface area contributed by atoms with Crippen molar-refractivity contribution >= 4 is 11.6 Å². The predicted octanol–water partition coefficient (Wildman–Crippen LogP) is 4.18. The molecule has 0 aliphatic carbocycles. The van der Waals surface area contributed by atoms with E-state index < -0.39 is 0 Å². The third-order valence-corrected chi connectivity index (χ3v) is 2.76. The number of unbranched alkanes of at least 4 members (excludes halogenated alkanes) is 3. The molecule has 1 N–H and O–H groups in total. The molecule has 0 heterocycles. The molecule has 0 saturated carbocycles. The minimum absolute atomic E-state index is 0.799. The molecule has 0 unspecified atom stereocenters. The van der Waals surface area contributed by atoms with Crippen LogP contribution in [0.2, 0.25) is 5.02 Å². The number of hydrogen-bond acceptors (Lipinski definition) is 1. The van der Waals surface area contributed by atoms with Crippen LogP contribution in [0, 0.1) is 0 Å². The normalized spacial score (nSPS) is 10.3. The summed E-state index contributed by atoms with van der Waals surface area (Å²) in [5.74, 6) is 0. The second-order valence-corrected chi connectivity index (χ2v) is 4.38. The van der Waals surface area contributed by atoms with Gasteiger partial charge in [0.25, 0.3) is 0 Å². The van der Waals surface area contributed by atoms with Gasteiger partial charge in [-0.05, 0) is 43.5 Å². The summed E-state index contributed by atoms with van der Waals surface area (Å²) in [4.78, 5) is 0. The molecule has 0 aliphatic rings. The van der Waals surface area contributed by atoms with Gasteiger partial charge >= 0.3 is 0 Å². The number of rotatable bonds is 8. The zero-order chi connectivity index (χ0) is 11.6. The monoisotopic (exact) mass is 237 g/mol. The molecular weight excluding hydrogens is 218 g/mol. The van der Waals surface area contributed by atoms with Gasteiger partial charge in [0.1, 0.15) is 0 Å². The highest BCUT2D eigenvalue weighted by Gasteiger charge is 1.93. The van der Waals surface area contributed by atoms with E-state index in [0.717, 1.165) is 24.5 Å². The summed E-state index contributed by atoms with van der Waals surface area (Å²) >= 11 is 5.82. The second kappa shape index (κ2) is 8.37. The summed E-state index contributed by atoms with van der Waals surface area (Å²) in [5.41, 5.74) is 1.29. The summed E-state index contributed by atoms with van der Waals surface area (Å²) in [7, 11) is 0. The van der Waals surface area contributed by atoms with Crippen LogP contribution in [-0.2, 0) is 6.54 Å². The van der Waals surface area contributed by atoms with Gasteiger partial charge in [-0.25, -0.2) is 0 Å². The lowest BCUT2D eigenvalue weighted by Gasteiger charge is -2.04. The molecular formula is C14H20ClN. The lowest BCUT2D eigenvalue weighted by atomic mass is 10.2. The highest BCUT2D eigenvalue weighted by molar-refractivity contribution is 6.30. The maximum atomic E-state index is 5.82. The Morgan fingerprint density at radius 3 is 2.56 bits per heavy atom. The molecule has 2 heteroatoms. The second-order valence-electron chi connectivity index (χ2n) is 3.94. The molecule has 0 spiro atoms. The average molecular weight is 238 g/mol. The van der Waals surface area contributed by atoms with E-state index in [4.69, 9.17) is 11.6 Å². The van der Waals surface area contributed by atoms with E-state index in [2.05, 4.69) is 24.0 Å². The van der Waals surface area contributed by atoms with Crippen molar-refractivity contribution in [3.05, 3.63) is 47.5 Å². The summed E-state index contributed by atoms with van der Waals surface area (Å²) in [6, 6.07) is 7.99. The minimum Gasteiger partial charge on any atom is -0.313 e. The van der Waals surface area contributed by atoms with E-state index in [9.17, 15) is 0 Å². The molecule has 0 bridgehead atoms. The fourth-order valence-electron chi connectivity index (χ4n) is 1.55. The smallest absolute Gasteiger partial charge is 0.0406 e. The SMILES string of the molecule is C=CCCCCCNCc1ccc(Cl)cc1. The Hall–Kier alpha value is -0.790. The molecule has 0 atom stereocenters. The Morgan fingerprint density at radius 1 is 1.12 bits per heavy atom. The molecule has 0 radical (unpaired) electrons. The van der Waals surface area contributed by atoms with Crippen molar-refractivity contribution in [2.45, 2.75) is 32.2 Å². The number of allylic oxidation sites excluding steroid dienone is 1. The lowest BCUT2D eigenvalue weighted by molar-refractivity contribution is 0.606. The van der Waals surface area contributed by atoms with Crippen LogP contribution in [0.4, 0.5) is 0 Å². The Kier molecular flexibility index (Phi) is 6.95. The Bertz CT molecular complexity index is 292. The number of benzene rings is 1. The zero-order valence-electron chi connectivity index (χ0n) is 9.71. The summed E-state index contributed by atoms with van der Waals surface area (Å²) in [5, 5.41) is 4.23. The number of halogens is 1. The van der Waals surface area contributed by atoms with Crippen molar-refractivity contribution in [1.82, 2.24) is 5.32 Å². The van der Waals surface area contributed by atoms with Crippen LogP contribution in [0.1, 0.15) is 31.2 Å². The number of nitrogens with one attached hydrogen (secondary N) is 1.